The van der Waals surface area contributed by atoms with Gasteiger partial charge in [-0.3, -0.25) is 14.5 Å². The molecule has 1 aromatic carbocycles. The van der Waals surface area contributed by atoms with E-state index in [1.807, 2.05) is 40.8 Å². The Bertz CT molecular complexity index is 637. The minimum Gasteiger partial charge on any atom is -0.508 e. The minimum absolute atomic E-state index is 0.0359. The summed E-state index contributed by atoms with van der Waals surface area (Å²) >= 11 is 0. The summed E-state index contributed by atoms with van der Waals surface area (Å²) in [4.78, 5) is 30.4. The van der Waals surface area contributed by atoms with Crippen LogP contribution in [0.1, 0.15) is 31.4 Å². The van der Waals surface area contributed by atoms with Crippen molar-refractivity contribution in [1.82, 2.24) is 14.7 Å². The third-order valence-corrected chi connectivity index (χ3v) is 5.27. The van der Waals surface area contributed by atoms with Crippen molar-refractivity contribution in [3.8, 4) is 5.75 Å². The van der Waals surface area contributed by atoms with Gasteiger partial charge in [-0.05, 0) is 44.5 Å². The van der Waals surface area contributed by atoms with Crippen molar-refractivity contribution in [2.24, 2.45) is 5.92 Å². The number of piperazine rings is 1. The molecule has 2 amide bonds. The zero-order chi connectivity index (χ0) is 18.0. The van der Waals surface area contributed by atoms with Gasteiger partial charge < -0.3 is 14.9 Å². The van der Waals surface area contributed by atoms with E-state index in [-0.39, 0.29) is 29.5 Å². The first-order valence-electron chi connectivity index (χ1n) is 9.01. The van der Waals surface area contributed by atoms with Gasteiger partial charge in [-0.2, -0.15) is 0 Å². The van der Waals surface area contributed by atoms with E-state index in [1.165, 1.54) is 0 Å². The Hall–Kier alpha value is -2.08. The zero-order valence-electron chi connectivity index (χ0n) is 15.0. The molecule has 6 nitrogen and oxygen atoms in total. The van der Waals surface area contributed by atoms with Crippen molar-refractivity contribution in [3.05, 3.63) is 29.8 Å². The molecule has 0 aromatic heterocycles. The number of phenolic OH excluding ortho intramolecular Hbond substituents is 1. The molecular weight excluding hydrogens is 318 g/mol. The van der Waals surface area contributed by atoms with Crippen molar-refractivity contribution < 1.29 is 14.7 Å². The molecule has 1 unspecified atom stereocenters. The molecule has 1 saturated carbocycles. The van der Waals surface area contributed by atoms with Crippen LogP contribution in [0, 0.1) is 5.92 Å². The molecule has 0 spiro atoms. The number of amides is 2. The number of rotatable bonds is 5. The van der Waals surface area contributed by atoms with E-state index in [2.05, 4.69) is 0 Å². The molecule has 0 bridgehead atoms. The summed E-state index contributed by atoms with van der Waals surface area (Å²) < 4.78 is 0. The molecule has 25 heavy (non-hydrogen) atoms. The second kappa shape index (κ2) is 7.44. The number of aromatic hydroxyl groups is 1. The molecule has 136 valence electrons. The number of hydrogen-bond donors (Lipinski definition) is 1. The van der Waals surface area contributed by atoms with E-state index in [1.54, 1.807) is 12.1 Å². The fourth-order valence-electron chi connectivity index (χ4n) is 3.25. The van der Waals surface area contributed by atoms with Crippen LogP contribution < -0.4 is 0 Å². The van der Waals surface area contributed by atoms with Gasteiger partial charge in [0.15, 0.2) is 0 Å². The fraction of sp³-hybridized carbons (Fsp3) is 0.579. The van der Waals surface area contributed by atoms with E-state index in [0.717, 1.165) is 18.4 Å². The molecule has 1 aliphatic carbocycles. The number of carbonyl (C=O) groups is 2. The van der Waals surface area contributed by atoms with Gasteiger partial charge in [0.2, 0.25) is 11.8 Å². The van der Waals surface area contributed by atoms with Crippen molar-refractivity contribution in [1.29, 1.82) is 0 Å². The highest BCUT2D eigenvalue weighted by Gasteiger charge is 2.35. The highest BCUT2D eigenvalue weighted by molar-refractivity contribution is 5.82. The first-order chi connectivity index (χ1) is 12.0. The number of nitrogens with zero attached hydrogens (tertiary/aromatic N) is 3. The van der Waals surface area contributed by atoms with Crippen LogP contribution >= 0.6 is 0 Å². The van der Waals surface area contributed by atoms with Gasteiger partial charge in [-0.15, -0.1) is 0 Å². The summed E-state index contributed by atoms with van der Waals surface area (Å²) in [6.45, 7) is 4.87. The largest absolute Gasteiger partial charge is 0.508 e. The maximum absolute atomic E-state index is 12.6. The van der Waals surface area contributed by atoms with E-state index >= 15 is 0 Å². The van der Waals surface area contributed by atoms with Crippen molar-refractivity contribution in [3.63, 3.8) is 0 Å². The van der Waals surface area contributed by atoms with Crippen LogP contribution in [0.3, 0.4) is 0 Å². The molecule has 2 aliphatic rings. The van der Waals surface area contributed by atoms with Gasteiger partial charge in [-0.1, -0.05) is 12.1 Å². The van der Waals surface area contributed by atoms with E-state index in [4.69, 9.17) is 0 Å². The maximum atomic E-state index is 12.6. The predicted octanol–water partition coefficient (Wildman–Crippen LogP) is 1.47. The molecule has 1 aliphatic heterocycles. The van der Waals surface area contributed by atoms with Crippen molar-refractivity contribution in [2.45, 2.75) is 25.8 Å². The standard InChI is InChI=1S/C19H27N3O3/c1-14(16-4-3-5-17(23)12-16)20(2)13-18(24)21-8-10-22(11-9-21)19(25)15-6-7-15/h3-5,12,14-15,23H,6-11,13H2,1-2H3. The van der Waals surface area contributed by atoms with Crippen molar-refractivity contribution in [2.75, 3.05) is 39.8 Å². The van der Waals surface area contributed by atoms with Gasteiger partial charge in [0.25, 0.3) is 0 Å². The fourth-order valence-corrected chi connectivity index (χ4v) is 3.25. The SMILES string of the molecule is CC(c1cccc(O)c1)N(C)CC(=O)N1CCN(C(=O)C2CC2)CC1. The highest BCUT2D eigenvalue weighted by atomic mass is 16.3. The van der Waals surface area contributed by atoms with E-state index in [0.29, 0.717) is 32.7 Å². The lowest BCUT2D eigenvalue weighted by Gasteiger charge is -2.36. The molecule has 1 saturated heterocycles. The quantitative estimate of drug-likeness (QED) is 0.878. The number of benzene rings is 1. The highest BCUT2D eigenvalue weighted by Crippen LogP contribution is 2.31. The Kier molecular flexibility index (Phi) is 5.27. The Morgan fingerprint density at radius 3 is 2.44 bits per heavy atom. The van der Waals surface area contributed by atoms with Gasteiger partial charge in [0.1, 0.15) is 5.75 Å². The van der Waals surface area contributed by atoms with Gasteiger partial charge in [0.05, 0.1) is 6.54 Å². The smallest absolute Gasteiger partial charge is 0.236 e. The maximum Gasteiger partial charge on any atom is 0.236 e. The first-order valence-corrected chi connectivity index (χ1v) is 9.01. The second-order valence-electron chi connectivity index (χ2n) is 7.17. The van der Waals surface area contributed by atoms with Crippen LogP contribution in [0.4, 0.5) is 0 Å². The lowest BCUT2D eigenvalue weighted by atomic mass is 10.1. The molecule has 0 radical (unpaired) electrons. The summed E-state index contributed by atoms with van der Waals surface area (Å²) in [7, 11) is 1.92. The van der Waals surface area contributed by atoms with E-state index in [9.17, 15) is 14.7 Å². The molecular formula is C19H27N3O3. The van der Waals surface area contributed by atoms with Crippen LogP contribution in [0.15, 0.2) is 24.3 Å². The normalized spacial score (nSPS) is 19.2. The van der Waals surface area contributed by atoms with Crippen LogP contribution in [0.25, 0.3) is 0 Å². The topological polar surface area (TPSA) is 64.1 Å². The number of likely N-dealkylation sites (N-methyl/N-ethyl adjacent to an activating group) is 1. The summed E-state index contributed by atoms with van der Waals surface area (Å²) in [5, 5.41) is 9.62. The Morgan fingerprint density at radius 2 is 1.84 bits per heavy atom. The van der Waals surface area contributed by atoms with Crippen LogP contribution in [0.2, 0.25) is 0 Å². The summed E-state index contributed by atoms with van der Waals surface area (Å²) in [6.07, 6.45) is 2.05. The zero-order valence-corrected chi connectivity index (χ0v) is 15.0. The summed E-state index contributed by atoms with van der Waals surface area (Å²) in [6, 6.07) is 7.17. The van der Waals surface area contributed by atoms with Gasteiger partial charge in [0, 0.05) is 38.1 Å². The third-order valence-electron chi connectivity index (χ3n) is 5.27. The van der Waals surface area contributed by atoms with Gasteiger partial charge in [-0.25, -0.2) is 0 Å². The predicted molar refractivity (Wildman–Crippen MR) is 95.0 cm³/mol. The Balaban J connectivity index is 1.49. The van der Waals surface area contributed by atoms with Gasteiger partial charge >= 0.3 is 0 Å². The van der Waals surface area contributed by atoms with Crippen LogP contribution in [-0.2, 0) is 9.59 Å². The second-order valence-corrected chi connectivity index (χ2v) is 7.17. The van der Waals surface area contributed by atoms with E-state index < -0.39 is 0 Å². The Labute approximate surface area is 149 Å². The lowest BCUT2D eigenvalue weighted by molar-refractivity contribution is -0.141. The Morgan fingerprint density at radius 1 is 1.20 bits per heavy atom. The van der Waals surface area contributed by atoms with Crippen LogP contribution in [-0.4, -0.2) is 71.4 Å². The van der Waals surface area contributed by atoms with Crippen molar-refractivity contribution >= 4 is 11.8 Å². The third kappa shape index (κ3) is 4.31. The molecule has 3 rings (SSSR count). The molecule has 2 fully saturated rings. The number of phenols is 1. The minimum atomic E-state index is 0.0359. The molecule has 1 heterocycles. The first kappa shape index (κ1) is 17.7. The average molecular weight is 345 g/mol. The molecule has 6 heteroatoms. The molecule has 1 atom stereocenters. The summed E-state index contributed by atoms with van der Waals surface area (Å²) in [5.41, 5.74) is 0.982. The molecule has 1 aromatic rings. The van der Waals surface area contributed by atoms with Crippen LogP contribution in [0.5, 0.6) is 5.75 Å². The number of carbonyl (C=O) groups excluding carboxylic acids is 2. The molecule has 1 N–H and O–H groups in total. The average Bonchev–Trinajstić information content (AvgIpc) is 3.45. The monoisotopic (exact) mass is 345 g/mol. The number of hydrogen-bond acceptors (Lipinski definition) is 4. The summed E-state index contributed by atoms with van der Waals surface area (Å²) in [5.74, 6) is 0.840. The lowest BCUT2D eigenvalue weighted by Crippen LogP contribution is -2.52.